The predicted molar refractivity (Wildman–Crippen MR) is 166 cm³/mol. The third-order valence-corrected chi connectivity index (χ3v) is 7.74. The zero-order valence-electron chi connectivity index (χ0n) is 22.5. The highest BCUT2D eigenvalue weighted by molar-refractivity contribution is 6.05. The average molecular weight is 554 g/mol. The second-order valence-corrected chi connectivity index (χ2v) is 10.3. The molecule has 0 radical (unpaired) electrons. The van der Waals surface area contributed by atoms with Gasteiger partial charge in [-0.1, -0.05) is 72.8 Å². The molecule has 9 nitrogen and oxygen atoms in total. The molecule has 3 aromatic carbocycles. The van der Waals surface area contributed by atoms with Gasteiger partial charge >= 0.3 is 0 Å². The van der Waals surface area contributed by atoms with Gasteiger partial charge in [-0.15, -0.1) is 12.3 Å². The molecule has 9 rings (SSSR count). The molecular weight excluding hydrogens is 534 g/mol. The number of H-pyrrole nitrogens is 2. The number of hydrogen-bond acceptors (Lipinski definition) is 7. The van der Waals surface area contributed by atoms with Crippen LogP contribution in [0.15, 0.2) is 84.9 Å². The Balaban J connectivity index is 1.49. The van der Waals surface area contributed by atoms with Crippen molar-refractivity contribution in [3.63, 3.8) is 0 Å². The Hall–Kier alpha value is -6.27. The molecule has 0 spiro atoms. The van der Waals surface area contributed by atoms with E-state index in [0.717, 1.165) is 44.1 Å². The maximum Gasteiger partial charge on any atom is 0.164 e. The summed E-state index contributed by atoms with van der Waals surface area (Å²) in [6, 6.07) is 27.8. The first-order valence-corrected chi connectivity index (χ1v) is 13.8. The molecule has 8 bridgehead atoms. The van der Waals surface area contributed by atoms with E-state index in [-0.39, 0.29) is 0 Å². The van der Waals surface area contributed by atoms with Crippen LogP contribution in [0.4, 0.5) is 0 Å². The molecule has 2 aliphatic rings. The van der Waals surface area contributed by atoms with Gasteiger partial charge in [-0.05, 0) is 12.1 Å². The number of fused-ring (bicyclic) bond motifs is 20. The van der Waals surface area contributed by atoms with Crippen LogP contribution in [0.3, 0.4) is 0 Å². The molecule has 0 saturated heterocycles. The summed E-state index contributed by atoms with van der Waals surface area (Å²) in [5, 5.41) is 2.67. The van der Waals surface area contributed by atoms with Crippen LogP contribution in [0.2, 0.25) is 0 Å². The van der Waals surface area contributed by atoms with E-state index < -0.39 is 0 Å². The lowest BCUT2D eigenvalue weighted by atomic mass is 10.1. The Kier molecular flexibility index (Phi) is 4.83. The van der Waals surface area contributed by atoms with E-state index in [1.165, 1.54) is 0 Å². The van der Waals surface area contributed by atoms with Gasteiger partial charge in [0.2, 0.25) is 0 Å². The van der Waals surface area contributed by atoms with Gasteiger partial charge in [0, 0.05) is 38.4 Å². The van der Waals surface area contributed by atoms with E-state index in [1.54, 1.807) is 0 Å². The van der Waals surface area contributed by atoms with Gasteiger partial charge in [0.1, 0.15) is 22.5 Å². The second-order valence-electron chi connectivity index (χ2n) is 10.3. The molecule has 7 aromatic rings. The minimum Gasteiger partial charge on any atom is -0.324 e. The summed E-state index contributed by atoms with van der Waals surface area (Å²) in [5.74, 6) is 4.87. The van der Waals surface area contributed by atoms with Crippen molar-refractivity contribution in [3.8, 4) is 57.9 Å². The fraction of sp³-hybridized carbons (Fsp3) is 0.0294. The van der Waals surface area contributed by atoms with Gasteiger partial charge in [-0.3, -0.25) is 0 Å². The predicted octanol–water partition coefficient (Wildman–Crippen LogP) is 6.44. The minimum absolute atomic E-state index is 0.402. The van der Waals surface area contributed by atoms with Crippen LogP contribution < -0.4 is 0 Å². The second kappa shape index (κ2) is 8.86. The fourth-order valence-electron chi connectivity index (χ4n) is 5.75. The van der Waals surface area contributed by atoms with Crippen LogP contribution in [0.1, 0.15) is 5.69 Å². The molecule has 43 heavy (non-hydrogen) atoms. The third-order valence-electron chi connectivity index (χ3n) is 7.74. The molecule has 0 saturated carbocycles. The summed E-state index contributed by atoms with van der Waals surface area (Å²) in [5.41, 5.74) is 7.40. The number of nitrogens with zero attached hydrogens (tertiary/aromatic N) is 7. The zero-order chi connectivity index (χ0) is 28.5. The largest absolute Gasteiger partial charge is 0.324 e. The van der Waals surface area contributed by atoms with E-state index in [9.17, 15) is 0 Å². The number of aromatic nitrogens is 9. The number of hydrogen-bond donors (Lipinski definition) is 2. The maximum absolute atomic E-state index is 5.61. The van der Waals surface area contributed by atoms with Gasteiger partial charge in [0.05, 0.1) is 12.1 Å². The van der Waals surface area contributed by atoms with E-state index in [4.69, 9.17) is 41.3 Å². The van der Waals surface area contributed by atoms with Crippen molar-refractivity contribution in [3.05, 3.63) is 90.6 Å². The SMILES string of the molecule is C#CCc1ccc2c3nc4nc(nc5[nH]c(nc6nc(nc([nH]3)c2n1)-c1ccccc1-6)c1ccccc51)-c1ccccc1-4. The van der Waals surface area contributed by atoms with Crippen molar-refractivity contribution >= 4 is 44.3 Å². The highest BCUT2D eigenvalue weighted by atomic mass is 15.1. The summed E-state index contributed by atoms with van der Waals surface area (Å²) in [7, 11) is 0. The fourth-order valence-corrected chi connectivity index (χ4v) is 5.75. The van der Waals surface area contributed by atoms with Crippen LogP contribution in [-0.2, 0) is 6.42 Å². The summed E-state index contributed by atoms with van der Waals surface area (Å²) < 4.78 is 0. The molecule has 0 unspecified atom stereocenters. The highest BCUT2D eigenvalue weighted by Gasteiger charge is 2.22. The highest BCUT2D eigenvalue weighted by Crippen LogP contribution is 2.36. The van der Waals surface area contributed by atoms with Gasteiger partial charge in [0.15, 0.2) is 28.9 Å². The average Bonchev–Trinajstić information content (AvgIpc) is 3.77. The normalized spacial score (nSPS) is 11.8. The number of terminal acetylenes is 1. The van der Waals surface area contributed by atoms with Gasteiger partial charge in [-0.2, -0.15) is 0 Å². The van der Waals surface area contributed by atoms with Gasteiger partial charge in [0.25, 0.3) is 0 Å². The number of rotatable bonds is 1. The van der Waals surface area contributed by atoms with Crippen molar-refractivity contribution in [2.24, 2.45) is 0 Å². The molecule has 0 aliphatic carbocycles. The molecule has 9 heteroatoms. The monoisotopic (exact) mass is 553 g/mol. The van der Waals surface area contributed by atoms with E-state index >= 15 is 0 Å². The van der Waals surface area contributed by atoms with Crippen molar-refractivity contribution in [1.82, 2.24) is 44.9 Å². The number of nitrogens with one attached hydrogen (secondary N) is 2. The van der Waals surface area contributed by atoms with Crippen LogP contribution in [0, 0.1) is 12.3 Å². The Morgan fingerprint density at radius 2 is 0.907 bits per heavy atom. The smallest absolute Gasteiger partial charge is 0.164 e. The Morgan fingerprint density at radius 1 is 0.465 bits per heavy atom. The summed E-state index contributed by atoms with van der Waals surface area (Å²) in [4.78, 5) is 41.6. The number of aromatic amines is 2. The Labute approximate surface area is 243 Å². The zero-order valence-corrected chi connectivity index (χ0v) is 22.5. The molecule has 0 fully saturated rings. The molecule has 2 N–H and O–H groups in total. The summed E-state index contributed by atoms with van der Waals surface area (Å²) >= 11 is 0. The maximum atomic E-state index is 5.61. The third kappa shape index (κ3) is 3.57. The Bertz CT molecular complexity index is 2510. The van der Waals surface area contributed by atoms with Crippen molar-refractivity contribution < 1.29 is 0 Å². The standard InChI is InChI=1S/C34H19N9/c1-2-9-18-16-17-25-26(35-18)34-42-32-24-15-8-7-14-23(24)30(40-32)38-28-20-11-4-3-10-19(20)27(36-28)37-29-21-12-5-6-13-22(21)31(39-29)41-33(25)43-34/h1,3-8,10-17H,9H2,(H2,36,37,38,39,40,41,42,43). The van der Waals surface area contributed by atoms with Crippen LogP contribution >= 0.6 is 0 Å². The first-order chi connectivity index (χ1) is 21.2. The molecule has 0 atom stereocenters. The lowest BCUT2D eigenvalue weighted by Gasteiger charge is -1.97. The van der Waals surface area contributed by atoms with E-state index in [1.807, 2.05) is 84.9 Å². The molecular formula is C34H19N9. The number of benzene rings is 3. The first kappa shape index (κ1) is 23.4. The quantitative estimate of drug-likeness (QED) is 0.224. The minimum atomic E-state index is 0.402. The van der Waals surface area contributed by atoms with E-state index in [0.29, 0.717) is 57.8 Å². The molecule has 0 amide bonds. The Morgan fingerprint density at radius 3 is 1.42 bits per heavy atom. The lowest BCUT2D eigenvalue weighted by molar-refractivity contribution is 1.17. The van der Waals surface area contributed by atoms with Crippen molar-refractivity contribution in [2.45, 2.75) is 6.42 Å². The first-order valence-electron chi connectivity index (χ1n) is 13.8. The molecule has 2 aliphatic heterocycles. The van der Waals surface area contributed by atoms with Crippen LogP contribution in [0.25, 0.3) is 89.8 Å². The molecule has 4 aromatic heterocycles. The topological polar surface area (TPSA) is 122 Å². The lowest BCUT2D eigenvalue weighted by Crippen LogP contribution is -1.88. The van der Waals surface area contributed by atoms with Crippen molar-refractivity contribution in [2.75, 3.05) is 0 Å². The number of pyridine rings is 1. The van der Waals surface area contributed by atoms with Crippen LogP contribution in [-0.4, -0.2) is 44.9 Å². The van der Waals surface area contributed by atoms with Gasteiger partial charge in [-0.25, -0.2) is 34.9 Å². The van der Waals surface area contributed by atoms with Gasteiger partial charge < -0.3 is 9.97 Å². The van der Waals surface area contributed by atoms with Crippen molar-refractivity contribution in [1.29, 1.82) is 0 Å². The molecule has 200 valence electrons. The summed E-state index contributed by atoms with van der Waals surface area (Å²) in [6.07, 6.45) is 6.01. The van der Waals surface area contributed by atoms with E-state index in [2.05, 4.69) is 15.9 Å². The summed E-state index contributed by atoms with van der Waals surface area (Å²) in [6.45, 7) is 0. The van der Waals surface area contributed by atoms with Crippen LogP contribution in [0.5, 0.6) is 0 Å². The molecule has 6 heterocycles.